The number of urea groups is 1. The molecule has 0 fully saturated rings. The highest BCUT2D eigenvalue weighted by atomic mass is 16.5. The predicted molar refractivity (Wildman–Crippen MR) is 90.7 cm³/mol. The first-order chi connectivity index (χ1) is 11.4. The summed E-state index contributed by atoms with van der Waals surface area (Å²) in [5.41, 5.74) is 2.79. The molecule has 1 aromatic heterocycles. The number of nitrogens with zero attached hydrogens (tertiary/aromatic N) is 2. The van der Waals surface area contributed by atoms with Crippen molar-refractivity contribution in [2.75, 3.05) is 31.3 Å². The van der Waals surface area contributed by atoms with Crippen molar-refractivity contribution in [3.05, 3.63) is 41.8 Å². The molecule has 0 saturated carbocycles. The van der Waals surface area contributed by atoms with E-state index >= 15 is 0 Å². The van der Waals surface area contributed by atoms with Crippen LogP contribution in [0.1, 0.15) is 11.3 Å². The van der Waals surface area contributed by atoms with E-state index in [0.717, 1.165) is 5.56 Å². The van der Waals surface area contributed by atoms with E-state index in [-0.39, 0.29) is 25.0 Å². The van der Waals surface area contributed by atoms with Gasteiger partial charge < -0.3 is 25.4 Å². The van der Waals surface area contributed by atoms with Gasteiger partial charge in [-0.3, -0.25) is 4.79 Å². The van der Waals surface area contributed by atoms with Crippen LogP contribution in [0.5, 0.6) is 0 Å². The Kier molecular flexibility index (Phi) is 5.91. The number of likely N-dealkylation sites (N-methyl/N-ethyl adjacent to an activating group) is 1. The van der Waals surface area contributed by atoms with Crippen LogP contribution in [-0.4, -0.2) is 42.6 Å². The maximum atomic E-state index is 11.9. The van der Waals surface area contributed by atoms with Crippen molar-refractivity contribution >= 4 is 23.3 Å². The Morgan fingerprint density at radius 2 is 2.00 bits per heavy atom. The van der Waals surface area contributed by atoms with Crippen LogP contribution in [0.3, 0.4) is 0 Å². The summed E-state index contributed by atoms with van der Waals surface area (Å²) in [4.78, 5) is 25.6. The Morgan fingerprint density at radius 3 is 2.67 bits per heavy atom. The lowest BCUT2D eigenvalue weighted by atomic mass is 10.1. The van der Waals surface area contributed by atoms with Gasteiger partial charge in [-0.2, -0.15) is 0 Å². The topological polar surface area (TPSA) is 99.5 Å². The second kappa shape index (κ2) is 8.11. The first-order valence-corrected chi connectivity index (χ1v) is 7.43. The van der Waals surface area contributed by atoms with Crippen LogP contribution < -0.4 is 16.0 Å². The molecule has 1 heterocycles. The normalized spacial score (nSPS) is 10.5. The number of hydrogen-bond donors (Lipinski definition) is 3. The first-order valence-electron chi connectivity index (χ1n) is 7.43. The fourth-order valence-electron chi connectivity index (χ4n) is 1.99. The zero-order chi connectivity index (χ0) is 17.5. The summed E-state index contributed by atoms with van der Waals surface area (Å²) in [6.45, 7) is 2.44. The summed E-state index contributed by atoms with van der Waals surface area (Å²) >= 11 is 0. The largest absolute Gasteiger partial charge is 0.364 e. The molecule has 0 aliphatic carbocycles. The minimum absolute atomic E-state index is 0.115. The van der Waals surface area contributed by atoms with Crippen molar-refractivity contribution in [2.45, 2.75) is 13.5 Å². The third-order valence-corrected chi connectivity index (χ3v) is 3.15. The average molecular weight is 331 g/mol. The Morgan fingerprint density at radius 1 is 1.21 bits per heavy atom. The average Bonchev–Trinajstić information content (AvgIpc) is 3.01. The Labute approximate surface area is 140 Å². The minimum atomic E-state index is -0.368. The van der Waals surface area contributed by atoms with Crippen molar-refractivity contribution in [1.82, 2.24) is 15.4 Å². The SMILES string of the molecule is Cc1ccc(NC(=O)NCc2ccon2)cc1NC(=O)CN(C)C. The molecule has 0 spiro atoms. The van der Waals surface area contributed by atoms with Crippen LogP contribution in [-0.2, 0) is 11.3 Å². The molecule has 2 rings (SSSR count). The molecule has 0 unspecified atom stereocenters. The maximum Gasteiger partial charge on any atom is 0.319 e. The van der Waals surface area contributed by atoms with Crippen molar-refractivity contribution in [1.29, 1.82) is 0 Å². The van der Waals surface area contributed by atoms with E-state index in [4.69, 9.17) is 4.52 Å². The summed E-state index contributed by atoms with van der Waals surface area (Å²) in [6.07, 6.45) is 1.44. The number of carbonyl (C=O) groups is 2. The molecule has 128 valence electrons. The van der Waals surface area contributed by atoms with E-state index in [9.17, 15) is 9.59 Å². The third kappa shape index (κ3) is 5.40. The van der Waals surface area contributed by atoms with Crippen LogP contribution >= 0.6 is 0 Å². The van der Waals surface area contributed by atoms with Crippen LogP contribution in [0, 0.1) is 6.92 Å². The monoisotopic (exact) mass is 331 g/mol. The summed E-state index contributed by atoms with van der Waals surface area (Å²) in [5.74, 6) is -0.115. The van der Waals surface area contributed by atoms with Gasteiger partial charge in [-0.05, 0) is 38.7 Å². The highest BCUT2D eigenvalue weighted by molar-refractivity contribution is 5.95. The number of benzene rings is 1. The molecule has 0 atom stereocenters. The molecule has 1 aromatic carbocycles. The van der Waals surface area contributed by atoms with E-state index in [1.165, 1.54) is 6.26 Å². The molecule has 0 radical (unpaired) electrons. The van der Waals surface area contributed by atoms with Crippen molar-refractivity contribution in [2.24, 2.45) is 0 Å². The quantitative estimate of drug-likeness (QED) is 0.749. The van der Waals surface area contributed by atoms with Crippen molar-refractivity contribution in [3.63, 3.8) is 0 Å². The Bertz CT molecular complexity index is 698. The van der Waals surface area contributed by atoms with Gasteiger partial charge in [0.25, 0.3) is 0 Å². The fraction of sp³-hybridized carbons (Fsp3) is 0.312. The second-order valence-corrected chi connectivity index (χ2v) is 5.61. The Hall–Kier alpha value is -2.87. The zero-order valence-corrected chi connectivity index (χ0v) is 13.9. The number of amides is 3. The number of anilines is 2. The molecule has 0 aliphatic heterocycles. The van der Waals surface area contributed by atoms with E-state index in [1.54, 1.807) is 23.1 Å². The number of carbonyl (C=O) groups excluding carboxylic acids is 2. The molecule has 3 N–H and O–H groups in total. The van der Waals surface area contributed by atoms with E-state index < -0.39 is 0 Å². The maximum absolute atomic E-state index is 11.9. The van der Waals surface area contributed by atoms with Crippen LogP contribution in [0.2, 0.25) is 0 Å². The van der Waals surface area contributed by atoms with Gasteiger partial charge in [0.2, 0.25) is 5.91 Å². The molecule has 2 aromatic rings. The highest BCUT2D eigenvalue weighted by Crippen LogP contribution is 2.20. The third-order valence-electron chi connectivity index (χ3n) is 3.15. The lowest BCUT2D eigenvalue weighted by Gasteiger charge is -2.13. The van der Waals surface area contributed by atoms with Gasteiger partial charge in [0.15, 0.2) is 0 Å². The van der Waals surface area contributed by atoms with E-state index in [1.807, 2.05) is 27.1 Å². The summed E-state index contributed by atoms with van der Waals surface area (Å²) in [5, 5.41) is 11.9. The molecule has 3 amide bonds. The van der Waals surface area contributed by atoms with Gasteiger partial charge in [-0.1, -0.05) is 11.2 Å². The molecule has 8 heteroatoms. The molecule has 0 bridgehead atoms. The van der Waals surface area contributed by atoms with Gasteiger partial charge in [-0.25, -0.2) is 4.79 Å². The standard InChI is InChI=1S/C16H21N5O3/c1-11-4-5-12(8-14(11)19-15(22)10-21(2)3)18-16(23)17-9-13-6-7-24-20-13/h4-8H,9-10H2,1-3H3,(H,19,22)(H2,17,18,23). The van der Waals surface area contributed by atoms with Gasteiger partial charge in [0, 0.05) is 17.4 Å². The zero-order valence-electron chi connectivity index (χ0n) is 13.9. The van der Waals surface area contributed by atoms with Gasteiger partial charge in [0.05, 0.1) is 13.1 Å². The summed E-state index contributed by atoms with van der Waals surface area (Å²) < 4.78 is 4.69. The molecule has 8 nitrogen and oxygen atoms in total. The number of nitrogens with one attached hydrogen (secondary N) is 3. The van der Waals surface area contributed by atoms with Crippen LogP contribution in [0.15, 0.2) is 35.1 Å². The number of aromatic nitrogens is 1. The smallest absolute Gasteiger partial charge is 0.319 e. The minimum Gasteiger partial charge on any atom is -0.364 e. The molecule has 0 saturated heterocycles. The van der Waals surface area contributed by atoms with Crippen molar-refractivity contribution in [3.8, 4) is 0 Å². The first kappa shape index (κ1) is 17.5. The van der Waals surface area contributed by atoms with Crippen LogP contribution in [0.25, 0.3) is 0 Å². The molecular formula is C16H21N5O3. The van der Waals surface area contributed by atoms with Crippen molar-refractivity contribution < 1.29 is 14.1 Å². The second-order valence-electron chi connectivity index (χ2n) is 5.61. The van der Waals surface area contributed by atoms with E-state index in [0.29, 0.717) is 17.1 Å². The van der Waals surface area contributed by atoms with Gasteiger partial charge >= 0.3 is 6.03 Å². The van der Waals surface area contributed by atoms with Crippen LogP contribution in [0.4, 0.5) is 16.2 Å². The summed E-state index contributed by atoms with van der Waals surface area (Å²) in [7, 11) is 3.65. The van der Waals surface area contributed by atoms with Gasteiger partial charge in [0.1, 0.15) is 12.0 Å². The lowest BCUT2D eigenvalue weighted by Crippen LogP contribution is -2.29. The number of rotatable bonds is 6. The number of hydrogen-bond acceptors (Lipinski definition) is 5. The predicted octanol–water partition coefficient (Wildman–Crippen LogP) is 1.80. The molecule has 24 heavy (non-hydrogen) atoms. The lowest BCUT2D eigenvalue weighted by molar-refractivity contribution is -0.116. The Balaban J connectivity index is 1.94. The van der Waals surface area contributed by atoms with Gasteiger partial charge in [-0.15, -0.1) is 0 Å². The summed E-state index contributed by atoms with van der Waals surface area (Å²) in [6, 6.07) is 6.63. The molecular weight excluding hydrogens is 310 g/mol. The highest BCUT2D eigenvalue weighted by Gasteiger charge is 2.08. The fourth-order valence-corrected chi connectivity index (χ4v) is 1.99. The molecule has 0 aliphatic rings. The number of aryl methyl sites for hydroxylation is 1. The van der Waals surface area contributed by atoms with E-state index in [2.05, 4.69) is 21.1 Å².